The number of para-hydroxylation sites is 1. The van der Waals surface area contributed by atoms with Gasteiger partial charge in [-0.05, 0) is 23.6 Å². The van der Waals surface area contributed by atoms with Crippen molar-refractivity contribution in [2.45, 2.75) is 9.92 Å². The van der Waals surface area contributed by atoms with Crippen LogP contribution in [0.1, 0.15) is 0 Å². The number of nitrogens with one attached hydrogen (secondary N) is 1. The van der Waals surface area contributed by atoms with Crippen LogP contribution in [0.2, 0.25) is 0 Å². The lowest BCUT2D eigenvalue weighted by atomic mass is 10.1. The van der Waals surface area contributed by atoms with Crippen LogP contribution >= 0.6 is 0 Å². The second kappa shape index (κ2) is 5.41. The van der Waals surface area contributed by atoms with Gasteiger partial charge in [0.2, 0.25) is 9.84 Å². The molecular formula is C21H14N2O2S. The van der Waals surface area contributed by atoms with Crippen LogP contribution in [-0.4, -0.2) is 18.4 Å². The number of rotatable bonds is 2. The lowest BCUT2D eigenvalue weighted by molar-refractivity contribution is 0.595. The molecule has 2 aromatic heterocycles. The molecule has 1 N–H and O–H groups in total. The summed E-state index contributed by atoms with van der Waals surface area (Å²) in [6.07, 6.45) is 1.75. The molecule has 0 amide bonds. The number of aromatic nitrogens is 2. The number of H-pyrrole nitrogens is 1. The maximum absolute atomic E-state index is 13.5. The highest BCUT2D eigenvalue weighted by atomic mass is 32.2. The standard InChI is InChI=1S/C21H14N2O2S/c24-26(25,19-11-5-7-14-6-1-2-8-15(14)19)21-17-12-13-22-20(17)16-9-3-4-10-18(16)23-21/h1-13,22H. The number of fused-ring (bicyclic) bond motifs is 4. The molecule has 0 aliphatic heterocycles. The Labute approximate surface area is 150 Å². The first kappa shape index (κ1) is 15.1. The largest absolute Gasteiger partial charge is 0.361 e. The van der Waals surface area contributed by atoms with E-state index < -0.39 is 9.84 Å². The van der Waals surface area contributed by atoms with Crippen molar-refractivity contribution in [1.82, 2.24) is 9.97 Å². The van der Waals surface area contributed by atoms with Crippen LogP contribution in [0.4, 0.5) is 0 Å². The minimum Gasteiger partial charge on any atom is -0.361 e. The molecule has 0 fully saturated rings. The van der Waals surface area contributed by atoms with Gasteiger partial charge in [-0.15, -0.1) is 0 Å². The van der Waals surface area contributed by atoms with Crippen LogP contribution in [0.3, 0.4) is 0 Å². The van der Waals surface area contributed by atoms with Gasteiger partial charge in [0, 0.05) is 22.4 Å². The molecule has 0 spiro atoms. The minimum atomic E-state index is -3.78. The average Bonchev–Trinajstić information content (AvgIpc) is 3.17. The molecule has 0 bridgehead atoms. The molecule has 0 unspecified atom stereocenters. The van der Waals surface area contributed by atoms with Crippen LogP contribution in [0, 0.1) is 0 Å². The van der Waals surface area contributed by atoms with E-state index in [0.717, 1.165) is 16.3 Å². The predicted octanol–water partition coefficient (Wildman–Crippen LogP) is 4.70. The van der Waals surface area contributed by atoms with Crippen LogP contribution in [0.25, 0.3) is 32.6 Å². The molecule has 26 heavy (non-hydrogen) atoms. The van der Waals surface area contributed by atoms with Gasteiger partial charge in [0.15, 0.2) is 5.03 Å². The maximum Gasteiger partial charge on any atom is 0.225 e. The second-order valence-electron chi connectivity index (χ2n) is 6.18. The van der Waals surface area contributed by atoms with Gasteiger partial charge in [0.1, 0.15) is 0 Å². The van der Waals surface area contributed by atoms with E-state index in [1.54, 1.807) is 24.4 Å². The monoisotopic (exact) mass is 358 g/mol. The van der Waals surface area contributed by atoms with Gasteiger partial charge in [-0.3, -0.25) is 0 Å². The molecule has 2 heterocycles. The zero-order valence-electron chi connectivity index (χ0n) is 13.7. The highest BCUT2D eigenvalue weighted by molar-refractivity contribution is 7.91. The van der Waals surface area contributed by atoms with E-state index in [1.165, 1.54) is 0 Å². The van der Waals surface area contributed by atoms with E-state index in [9.17, 15) is 8.42 Å². The highest BCUT2D eigenvalue weighted by Gasteiger charge is 2.25. The maximum atomic E-state index is 13.5. The molecule has 5 heteroatoms. The quantitative estimate of drug-likeness (QED) is 0.497. The lowest BCUT2D eigenvalue weighted by Gasteiger charge is -2.10. The molecule has 0 radical (unpaired) electrons. The van der Waals surface area contributed by atoms with Crippen molar-refractivity contribution < 1.29 is 8.42 Å². The second-order valence-corrected chi connectivity index (χ2v) is 8.01. The topological polar surface area (TPSA) is 62.8 Å². The number of aromatic amines is 1. The molecule has 126 valence electrons. The normalized spacial score (nSPS) is 12.2. The first-order valence-corrected chi connectivity index (χ1v) is 9.73. The van der Waals surface area contributed by atoms with Gasteiger partial charge in [0.05, 0.1) is 15.9 Å². The van der Waals surface area contributed by atoms with E-state index in [4.69, 9.17) is 0 Å². The predicted molar refractivity (Wildman–Crippen MR) is 103 cm³/mol. The summed E-state index contributed by atoms with van der Waals surface area (Å²) in [4.78, 5) is 7.96. The molecule has 0 aliphatic rings. The van der Waals surface area contributed by atoms with Crippen LogP contribution < -0.4 is 0 Å². The average molecular weight is 358 g/mol. The smallest absolute Gasteiger partial charge is 0.225 e. The van der Waals surface area contributed by atoms with Crippen LogP contribution in [0.5, 0.6) is 0 Å². The highest BCUT2D eigenvalue weighted by Crippen LogP contribution is 2.33. The minimum absolute atomic E-state index is 0.0869. The Balaban J connectivity index is 1.90. The summed E-state index contributed by atoms with van der Waals surface area (Å²) in [5.74, 6) is 0. The summed E-state index contributed by atoms with van der Waals surface area (Å²) in [6, 6.07) is 22.1. The van der Waals surface area contributed by atoms with Gasteiger partial charge < -0.3 is 4.98 Å². The van der Waals surface area contributed by atoms with Crippen molar-refractivity contribution in [3.05, 3.63) is 79.0 Å². The van der Waals surface area contributed by atoms with Crippen LogP contribution in [0.15, 0.2) is 88.9 Å². The number of sulfone groups is 1. The van der Waals surface area contributed by atoms with E-state index in [2.05, 4.69) is 9.97 Å². The van der Waals surface area contributed by atoms with Crippen molar-refractivity contribution >= 4 is 42.4 Å². The summed E-state index contributed by atoms with van der Waals surface area (Å²) >= 11 is 0. The molecule has 0 saturated heterocycles. The molecular weight excluding hydrogens is 344 g/mol. The van der Waals surface area contributed by atoms with E-state index >= 15 is 0 Å². The van der Waals surface area contributed by atoms with E-state index in [1.807, 2.05) is 54.6 Å². The van der Waals surface area contributed by atoms with Gasteiger partial charge in [-0.2, -0.15) is 0 Å². The molecule has 0 atom stereocenters. The van der Waals surface area contributed by atoms with Crippen molar-refractivity contribution in [2.24, 2.45) is 0 Å². The summed E-state index contributed by atoms with van der Waals surface area (Å²) in [5, 5.41) is 3.19. The number of benzene rings is 3. The van der Waals surface area contributed by atoms with Crippen molar-refractivity contribution in [3.63, 3.8) is 0 Å². The Morgan fingerprint density at radius 1 is 0.731 bits per heavy atom. The first-order chi connectivity index (χ1) is 12.7. The number of nitrogens with zero attached hydrogens (tertiary/aromatic N) is 1. The molecule has 3 aromatic carbocycles. The number of pyridine rings is 1. The zero-order valence-corrected chi connectivity index (χ0v) is 14.5. The Hall–Kier alpha value is -3.18. The number of hydrogen-bond acceptors (Lipinski definition) is 3. The van der Waals surface area contributed by atoms with E-state index in [0.29, 0.717) is 16.3 Å². The Kier molecular flexibility index (Phi) is 3.14. The SMILES string of the molecule is O=S(=O)(c1cccc2ccccc12)c1nc2ccccc2c2[nH]ccc12. The lowest BCUT2D eigenvalue weighted by Crippen LogP contribution is -2.06. The molecule has 0 saturated carbocycles. The van der Waals surface area contributed by atoms with Crippen LogP contribution in [-0.2, 0) is 9.84 Å². The summed E-state index contributed by atoms with van der Waals surface area (Å²) in [7, 11) is -3.78. The fourth-order valence-corrected chi connectivity index (χ4v) is 5.08. The van der Waals surface area contributed by atoms with Gasteiger partial charge >= 0.3 is 0 Å². The molecule has 0 aliphatic carbocycles. The van der Waals surface area contributed by atoms with E-state index in [-0.39, 0.29) is 9.92 Å². The first-order valence-electron chi connectivity index (χ1n) is 8.25. The zero-order chi connectivity index (χ0) is 17.7. The Morgan fingerprint density at radius 3 is 2.35 bits per heavy atom. The third kappa shape index (κ3) is 2.07. The molecule has 4 nitrogen and oxygen atoms in total. The fraction of sp³-hybridized carbons (Fsp3) is 0. The Morgan fingerprint density at radius 2 is 1.46 bits per heavy atom. The Bertz CT molecular complexity index is 1400. The summed E-state index contributed by atoms with van der Waals surface area (Å²) in [6.45, 7) is 0. The van der Waals surface area contributed by atoms with Gasteiger partial charge in [-0.1, -0.05) is 54.6 Å². The van der Waals surface area contributed by atoms with Gasteiger partial charge in [0.25, 0.3) is 0 Å². The molecule has 5 aromatic rings. The van der Waals surface area contributed by atoms with Gasteiger partial charge in [-0.25, -0.2) is 13.4 Å². The third-order valence-corrected chi connectivity index (χ3v) is 6.42. The number of hydrogen-bond donors (Lipinski definition) is 1. The van der Waals surface area contributed by atoms with Crippen molar-refractivity contribution in [2.75, 3.05) is 0 Å². The van der Waals surface area contributed by atoms with Crippen molar-refractivity contribution in [1.29, 1.82) is 0 Å². The fourth-order valence-electron chi connectivity index (χ4n) is 3.46. The summed E-state index contributed by atoms with van der Waals surface area (Å²) in [5.41, 5.74) is 1.44. The summed E-state index contributed by atoms with van der Waals surface area (Å²) < 4.78 is 27.1. The molecule has 5 rings (SSSR count). The van der Waals surface area contributed by atoms with Crippen molar-refractivity contribution in [3.8, 4) is 0 Å². The third-order valence-electron chi connectivity index (χ3n) is 4.67.